The molecule has 0 aliphatic heterocycles. The molecule has 1 aliphatic rings. The molecule has 3 nitrogen and oxygen atoms in total. The second-order valence-corrected chi connectivity index (χ2v) is 6.46. The summed E-state index contributed by atoms with van der Waals surface area (Å²) in [5.74, 6) is 0.617. The molecule has 106 valence electrons. The smallest absolute Gasteiger partial charge is 0.434 e. The van der Waals surface area contributed by atoms with Crippen molar-refractivity contribution in [2.45, 2.75) is 72.3 Å². The maximum atomic E-state index is 11.5. The first-order valence-corrected chi connectivity index (χ1v) is 7.26. The summed E-state index contributed by atoms with van der Waals surface area (Å²) in [5.41, 5.74) is 0.269. The largest absolute Gasteiger partial charge is 0.508 e. The zero-order valence-electron chi connectivity index (χ0n) is 12.3. The summed E-state index contributed by atoms with van der Waals surface area (Å²) in [7, 11) is 0. The highest BCUT2D eigenvalue weighted by Gasteiger charge is 2.34. The van der Waals surface area contributed by atoms with Crippen molar-refractivity contribution in [1.29, 1.82) is 0 Å². The van der Waals surface area contributed by atoms with Crippen molar-refractivity contribution in [3.63, 3.8) is 0 Å². The van der Waals surface area contributed by atoms with Gasteiger partial charge < -0.3 is 9.47 Å². The number of carbonyl (C=O) groups excluding carboxylic acids is 1. The molecule has 1 rings (SSSR count). The van der Waals surface area contributed by atoms with Crippen molar-refractivity contribution in [3.8, 4) is 0 Å². The van der Waals surface area contributed by atoms with E-state index >= 15 is 0 Å². The van der Waals surface area contributed by atoms with Gasteiger partial charge in [0, 0.05) is 0 Å². The van der Waals surface area contributed by atoms with Crippen LogP contribution in [0.4, 0.5) is 4.79 Å². The topological polar surface area (TPSA) is 35.5 Å². The van der Waals surface area contributed by atoms with Crippen LogP contribution in [-0.2, 0) is 9.47 Å². The van der Waals surface area contributed by atoms with Gasteiger partial charge in [-0.2, -0.15) is 0 Å². The lowest BCUT2D eigenvalue weighted by atomic mass is 9.71. The van der Waals surface area contributed by atoms with E-state index in [1.807, 2.05) is 0 Å². The molecular weight excluding hydrogens is 228 g/mol. The lowest BCUT2D eigenvalue weighted by molar-refractivity contribution is -0.0207. The zero-order chi connectivity index (χ0) is 13.6. The van der Waals surface area contributed by atoms with Gasteiger partial charge in [0.1, 0.15) is 6.10 Å². The molecule has 0 bridgehead atoms. The molecule has 0 N–H and O–H groups in total. The van der Waals surface area contributed by atoms with E-state index in [-0.39, 0.29) is 11.5 Å². The minimum absolute atomic E-state index is 0.0300. The van der Waals surface area contributed by atoms with Crippen molar-refractivity contribution >= 4 is 6.16 Å². The number of rotatable bonds is 5. The number of unbranched alkanes of at least 4 members (excludes halogenated alkanes) is 2. The Balaban J connectivity index is 2.26. The Morgan fingerprint density at radius 1 is 1.28 bits per heavy atom. The van der Waals surface area contributed by atoms with Crippen LogP contribution < -0.4 is 0 Å². The average molecular weight is 256 g/mol. The number of ether oxygens (including phenoxy) is 2. The predicted octanol–water partition coefficient (Wildman–Crippen LogP) is 4.54. The maximum absolute atomic E-state index is 11.5. The van der Waals surface area contributed by atoms with Gasteiger partial charge in [-0.1, -0.05) is 40.5 Å². The fraction of sp³-hybridized carbons (Fsp3) is 0.933. The molecule has 1 fully saturated rings. The van der Waals surface area contributed by atoms with Crippen LogP contribution in [0.1, 0.15) is 66.2 Å². The molecule has 1 saturated carbocycles. The van der Waals surface area contributed by atoms with Gasteiger partial charge in [-0.15, -0.1) is 0 Å². The highest BCUT2D eigenvalue weighted by Crippen LogP contribution is 2.39. The molecule has 0 heterocycles. The molecule has 3 heteroatoms. The van der Waals surface area contributed by atoms with E-state index in [9.17, 15) is 4.79 Å². The normalized spacial score (nSPS) is 26.7. The monoisotopic (exact) mass is 256 g/mol. The Bertz CT molecular complexity index is 260. The third-order valence-electron chi connectivity index (χ3n) is 3.58. The Morgan fingerprint density at radius 3 is 2.61 bits per heavy atom. The second kappa shape index (κ2) is 7.01. The van der Waals surface area contributed by atoms with Crippen LogP contribution in [0, 0.1) is 11.3 Å². The van der Waals surface area contributed by atoms with Gasteiger partial charge in [0.25, 0.3) is 0 Å². The molecule has 0 saturated heterocycles. The summed E-state index contributed by atoms with van der Waals surface area (Å²) < 4.78 is 10.5. The summed E-state index contributed by atoms with van der Waals surface area (Å²) >= 11 is 0. The van der Waals surface area contributed by atoms with E-state index in [2.05, 4.69) is 27.7 Å². The standard InChI is InChI=1S/C15H28O3/c1-5-6-7-8-17-14(16)18-13-9-12(2)10-15(3,4)11-13/h12-13H,5-11H2,1-4H3. The number of carbonyl (C=O) groups is 1. The number of hydrogen-bond acceptors (Lipinski definition) is 3. The lowest BCUT2D eigenvalue weighted by Crippen LogP contribution is -2.34. The highest BCUT2D eigenvalue weighted by atomic mass is 16.7. The molecule has 0 aromatic carbocycles. The summed E-state index contributed by atoms with van der Waals surface area (Å²) in [6, 6.07) is 0. The fourth-order valence-corrected chi connectivity index (χ4v) is 3.03. The van der Waals surface area contributed by atoms with Crippen LogP contribution in [0.3, 0.4) is 0 Å². The molecule has 2 atom stereocenters. The minimum Gasteiger partial charge on any atom is -0.434 e. The van der Waals surface area contributed by atoms with E-state index in [1.165, 1.54) is 6.42 Å². The number of hydrogen-bond donors (Lipinski definition) is 0. The molecule has 18 heavy (non-hydrogen) atoms. The van der Waals surface area contributed by atoms with Gasteiger partial charge in [-0.25, -0.2) is 4.79 Å². The average Bonchev–Trinajstić information content (AvgIpc) is 2.21. The first-order valence-electron chi connectivity index (χ1n) is 7.26. The SMILES string of the molecule is CCCCCOC(=O)OC1CC(C)CC(C)(C)C1. The van der Waals surface area contributed by atoms with Crippen molar-refractivity contribution < 1.29 is 14.3 Å². The lowest BCUT2D eigenvalue weighted by Gasteiger charge is -2.38. The van der Waals surface area contributed by atoms with Gasteiger partial charge in [0.2, 0.25) is 0 Å². The first kappa shape index (κ1) is 15.3. The van der Waals surface area contributed by atoms with Crippen molar-refractivity contribution in [2.24, 2.45) is 11.3 Å². The van der Waals surface area contributed by atoms with Crippen LogP contribution in [0.25, 0.3) is 0 Å². The molecule has 0 aromatic heterocycles. The Kier molecular flexibility index (Phi) is 5.97. The fourth-order valence-electron chi connectivity index (χ4n) is 3.03. The molecule has 0 spiro atoms. The van der Waals surface area contributed by atoms with Crippen LogP contribution >= 0.6 is 0 Å². The zero-order valence-corrected chi connectivity index (χ0v) is 12.3. The summed E-state index contributed by atoms with van der Waals surface area (Å²) in [6.45, 7) is 9.32. The van der Waals surface area contributed by atoms with Gasteiger partial charge in [0.05, 0.1) is 6.61 Å². The third-order valence-corrected chi connectivity index (χ3v) is 3.58. The predicted molar refractivity (Wildman–Crippen MR) is 72.5 cm³/mol. The Labute approximate surface area is 111 Å². The first-order chi connectivity index (χ1) is 8.43. The van der Waals surface area contributed by atoms with Crippen molar-refractivity contribution in [2.75, 3.05) is 6.61 Å². The maximum Gasteiger partial charge on any atom is 0.508 e. The quantitative estimate of drug-likeness (QED) is 0.535. The van der Waals surface area contributed by atoms with Gasteiger partial charge in [-0.05, 0) is 37.0 Å². The van der Waals surface area contributed by atoms with Crippen LogP contribution in [0.2, 0.25) is 0 Å². The van der Waals surface area contributed by atoms with Crippen molar-refractivity contribution in [3.05, 3.63) is 0 Å². The van der Waals surface area contributed by atoms with Crippen LogP contribution in [0.5, 0.6) is 0 Å². The summed E-state index contributed by atoms with van der Waals surface area (Å²) in [6.07, 6.45) is 5.82. The van der Waals surface area contributed by atoms with E-state index in [1.54, 1.807) is 0 Å². The minimum atomic E-state index is -0.485. The summed E-state index contributed by atoms with van der Waals surface area (Å²) in [5, 5.41) is 0. The van der Waals surface area contributed by atoms with E-state index in [0.717, 1.165) is 32.1 Å². The van der Waals surface area contributed by atoms with Gasteiger partial charge >= 0.3 is 6.16 Å². The Morgan fingerprint density at radius 2 is 2.00 bits per heavy atom. The van der Waals surface area contributed by atoms with E-state index < -0.39 is 6.16 Å². The van der Waals surface area contributed by atoms with E-state index in [0.29, 0.717) is 12.5 Å². The Hall–Kier alpha value is -0.730. The third kappa shape index (κ3) is 5.74. The molecule has 0 aromatic rings. The molecular formula is C15H28O3. The van der Waals surface area contributed by atoms with Crippen LogP contribution in [-0.4, -0.2) is 18.9 Å². The van der Waals surface area contributed by atoms with Crippen molar-refractivity contribution in [1.82, 2.24) is 0 Å². The molecule has 1 aliphatic carbocycles. The second-order valence-electron chi connectivity index (χ2n) is 6.46. The summed E-state index contributed by atoms with van der Waals surface area (Å²) in [4.78, 5) is 11.5. The van der Waals surface area contributed by atoms with Gasteiger partial charge in [0.15, 0.2) is 0 Å². The van der Waals surface area contributed by atoms with Gasteiger partial charge in [-0.3, -0.25) is 0 Å². The molecule has 0 amide bonds. The van der Waals surface area contributed by atoms with E-state index in [4.69, 9.17) is 9.47 Å². The molecule has 0 radical (unpaired) electrons. The highest BCUT2D eigenvalue weighted by molar-refractivity contribution is 5.60. The van der Waals surface area contributed by atoms with Crippen LogP contribution in [0.15, 0.2) is 0 Å². The molecule has 2 unspecified atom stereocenters.